The van der Waals surface area contributed by atoms with E-state index in [4.69, 9.17) is 10.5 Å². The molecule has 0 atom stereocenters. The number of nitrogens with two attached hydrogens (primary N) is 1. The van der Waals surface area contributed by atoms with Crippen LogP contribution in [0.15, 0.2) is 16.7 Å². The van der Waals surface area contributed by atoms with E-state index in [1.807, 2.05) is 6.07 Å². The summed E-state index contributed by atoms with van der Waals surface area (Å²) in [5, 5.41) is 20.3. The van der Waals surface area contributed by atoms with E-state index in [0.717, 1.165) is 0 Å². The Hall–Kier alpha value is -2.86. The lowest BCUT2D eigenvalue weighted by atomic mass is 10.1. The molecule has 2 N–H and O–H groups in total. The number of anilines is 1. The summed E-state index contributed by atoms with van der Waals surface area (Å²) in [6.07, 6.45) is 1.40. The van der Waals surface area contributed by atoms with Crippen LogP contribution < -0.4 is 5.73 Å². The van der Waals surface area contributed by atoms with Gasteiger partial charge in [-0.2, -0.15) is 5.26 Å². The summed E-state index contributed by atoms with van der Waals surface area (Å²) in [6, 6.07) is 3.26. The van der Waals surface area contributed by atoms with Crippen LogP contribution in [0.3, 0.4) is 0 Å². The van der Waals surface area contributed by atoms with E-state index in [1.165, 1.54) is 23.9 Å². The summed E-state index contributed by atoms with van der Waals surface area (Å²) >= 11 is 3.30. The number of nitrogens with zero attached hydrogens (tertiary/aromatic N) is 3. The van der Waals surface area contributed by atoms with Crippen molar-refractivity contribution in [3.8, 4) is 11.8 Å². The first-order valence-electron chi connectivity index (χ1n) is 6.68. The first kappa shape index (κ1) is 17.5. The number of carbonyl (C=O) groups excluding carboxylic acids is 1. The fraction of sp³-hybridized carbons (Fsp3) is 0.200. The molecule has 0 aliphatic carbocycles. The predicted octanol–water partition coefficient (Wildman–Crippen LogP) is 3.01. The van der Waals surface area contributed by atoms with Crippen molar-refractivity contribution >= 4 is 33.3 Å². The number of nitro groups is 1. The Morgan fingerprint density at radius 3 is 2.58 bits per heavy atom. The normalized spacial score (nSPS) is 10.3. The molecule has 8 nitrogen and oxygen atoms in total. The van der Waals surface area contributed by atoms with E-state index in [2.05, 4.69) is 15.9 Å². The number of methoxy groups -OCH3 is 1. The number of hydrogen-bond acceptors (Lipinski definition) is 6. The number of esters is 1. The van der Waals surface area contributed by atoms with Crippen LogP contribution in [0.1, 0.15) is 27.2 Å². The molecule has 0 fully saturated rings. The maximum Gasteiger partial charge on any atom is 0.357 e. The molecule has 0 aliphatic rings. The highest BCUT2D eigenvalue weighted by atomic mass is 79.9. The molecule has 0 aliphatic heterocycles. The molecule has 0 unspecified atom stereocenters. The third kappa shape index (κ3) is 2.61. The minimum absolute atomic E-state index is 0.00773. The number of nitrogen functional groups attached to an aromatic ring is 1. The van der Waals surface area contributed by atoms with Gasteiger partial charge in [-0.1, -0.05) is 0 Å². The largest absolute Gasteiger partial charge is 0.464 e. The van der Waals surface area contributed by atoms with Crippen LogP contribution in [-0.2, 0) is 4.74 Å². The minimum atomic E-state index is -0.712. The van der Waals surface area contributed by atoms with E-state index in [-0.39, 0.29) is 22.6 Å². The van der Waals surface area contributed by atoms with Crippen LogP contribution in [0, 0.1) is 35.3 Å². The fourth-order valence-electron chi connectivity index (χ4n) is 2.42. The van der Waals surface area contributed by atoms with Gasteiger partial charge in [0.2, 0.25) is 0 Å². The Morgan fingerprint density at radius 2 is 2.08 bits per heavy atom. The van der Waals surface area contributed by atoms with Crippen molar-refractivity contribution in [2.24, 2.45) is 0 Å². The van der Waals surface area contributed by atoms with Gasteiger partial charge in [-0.3, -0.25) is 10.1 Å². The molecule has 0 saturated carbocycles. The lowest BCUT2D eigenvalue weighted by molar-refractivity contribution is -0.385. The third-order valence-corrected chi connectivity index (χ3v) is 4.38. The van der Waals surface area contributed by atoms with Crippen LogP contribution in [0.25, 0.3) is 5.69 Å². The van der Waals surface area contributed by atoms with Gasteiger partial charge in [0.1, 0.15) is 6.07 Å². The monoisotopic (exact) mass is 392 g/mol. The molecule has 0 bridgehead atoms. The Kier molecular flexibility index (Phi) is 4.61. The predicted molar refractivity (Wildman–Crippen MR) is 90.1 cm³/mol. The molecule has 0 amide bonds. The number of carbonyl (C=O) groups is 1. The van der Waals surface area contributed by atoms with Gasteiger partial charge < -0.3 is 15.0 Å². The average Bonchev–Trinajstić information content (AvgIpc) is 2.86. The van der Waals surface area contributed by atoms with Crippen LogP contribution in [0.4, 0.5) is 11.4 Å². The highest BCUT2D eigenvalue weighted by Gasteiger charge is 2.26. The number of nitro benzene ring substituents is 1. The molecule has 0 saturated heterocycles. The Bertz CT molecular complexity index is 911. The molecule has 0 radical (unpaired) electrons. The second-order valence-corrected chi connectivity index (χ2v) is 5.87. The highest BCUT2D eigenvalue weighted by molar-refractivity contribution is 9.10. The van der Waals surface area contributed by atoms with Gasteiger partial charge in [0.25, 0.3) is 5.69 Å². The molecule has 1 heterocycles. The van der Waals surface area contributed by atoms with Crippen LogP contribution >= 0.6 is 15.9 Å². The second-order valence-electron chi connectivity index (χ2n) is 5.01. The van der Waals surface area contributed by atoms with Gasteiger partial charge in [-0.25, -0.2) is 4.79 Å². The van der Waals surface area contributed by atoms with Gasteiger partial charge >= 0.3 is 5.97 Å². The van der Waals surface area contributed by atoms with E-state index >= 15 is 0 Å². The van der Waals surface area contributed by atoms with E-state index < -0.39 is 10.9 Å². The van der Waals surface area contributed by atoms with Crippen molar-refractivity contribution in [1.82, 2.24) is 4.57 Å². The lowest BCUT2D eigenvalue weighted by Crippen LogP contribution is -2.13. The summed E-state index contributed by atoms with van der Waals surface area (Å²) in [5.74, 6) is -0.712. The first-order chi connectivity index (χ1) is 11.2. The molecule has 2 rings (SSSR count). The summed E-state index contributed by atoms with van der Waals surface area (Å²) < 4.78 is 6.54. The van der Waals surface area contributed by atoms with Crippen molar-refractivity contribution in [3.05, 3.63) is 49.2 Å². The average molecular weight is 393 g/mol. The molecule has 9 heteroatoms. The molecule has 24 heavy (non-hydrogen) atoms. The smallest absolute Gasteiger partial charge is 0.357 e. The summed E-state index contributed by atoms with van der Waals surface area (Å²) in [5.41, 5.74) is 7.41. The number of nitriles is 1. The Morgan fingerprint density at radius 1 is 1.46 bits per heavy atom. The SMILES string of the molecule is COC(=O)c1c(N)c(C#N)cn1-c1c(Br)cc([N+](=O)[O-])c(C)c1C. The standard InChI is InChI=1S/C15H13BrN4O4/c1-7-8(2)13(10(16)4-11(7)20(22)23)19-6-9(5-17)12(18)14(19)15(21)24-3/h4,6H,18H2,1-3H3. The topological polar surface area (TPSA) is 124 Å². The molecule has 124 valence electrons. The highest BCUT2D eigenvalue weighted by Crippen LogP contribution is 2.36. The summed E-state index contributed by atoms with van der Waals surface area (Å²) in [6.45, 7) is 3.30. The second kappa shape index (κ2) is 6.33. The number of aromatic nitrogens is 1. The quantitative estimate of drug-likeness (QED) is 0.486. The molecule has 1 aromatic heterocycles. The molecular formula is C15H13BrN4O4. The van der Waals surface area contributed by atoms with Crippen LogP contribution in [0.5, 0.6) is 0 Å². The van der Waals surface area contributed by atoms with Gasteiger partial charge in [0.15, 0.2) is 5.69 Å². The van der Waals surface area contributed by atoms with Gasteiger partial charge in [-0.15, -0.1) is 0 Å². The zero-order valence-electron chi connectivity index (χ0n) is 13.1. The Balaban J connectivity index is 2.88. The van der Waals surface area contributed by atoms with E-state index in [1.54, 1.807) is 13.8 Å². The zero-order chi connectivity index (χ0) is 18.2. The number of benzene rings is 1. The summed E-state index contributed by atoms with van der Waals surface area (Å²) in [7, 11) is 1.20. The number of hydrogen-bond donors (Lipinski definition) is 1. The van der Waals surface area contributed by atoms with Crippen LogP contribution in [-0.4, -0.2) is 22.6 Å². The Labute approximate surface area is 145 Å². The van der Waals surface area contributed by atoms with Crippen molar-refractivity contribution in [2.45, 2.75) is 13.8 Å². The molecule has 2 aromatic rings. The van der Waals surface area contributed by atoms with Crippen LogP contribution in [0.2, 0.25) is 0 Å². The van der Waals surface area contributed by atoms with E-state index in [9.17, 15) is 20.2 Å². The number of ether oxygens (including phenoxy) is 1. The first-order valence-corrected chi connectivity index (χ1v) is 7.47. The molecular weight excluding hydrogens is 380 g/mol. The van der Waals surface area contributed by atoms with Crippen molar-refractivity contribution in [2.75, 3.05) is 12.8 Å². The fourth-order valence-corrected chi connectivity index (χ4v) is 3.13. The maximum atomic E-state index is 12.1. The van der Waals surface area contributed by atoms with Gasteiger partial charge in [0, 0.05) is 22.3 Å². The van der Waals surface area contributed by atoms with Crippen molar-refractivity contribution < 1.29 is 14.5 Å². The van der Waals surface area contributed by atoms with E-state index in [0.29, 0.717) is 21.3 Å². The lowest BCUT2D eigenvalue weighted by Gasteiger charge is -2.15. The van der Waals surface area contributed by atoms with Gasteiger partial charge in [0.05, 0.1) is 29.0 Å². The maximum absolute atomic E-state index is 12.1. The molecule has 1 aromatic carbocycles. The summed E-state index contributed by atoms with van der Waals surface area (Å²) in [4.78, 5) is 22.7. The number of rotatable bonds is 3. The minimum Gasteiger partial charge on any atom is -0.464 e. The van der Waals surface area contributed by atoms with Gasteiger partial charge in [-0.05, 0) is 35.3 Å². The zero-order valence-corrected chi connectivity index (χ0v) is 14.7. The van der Waals surface area contributed by atoms with Crippen molar-refractivity contribution in [1.29, 1.82) is 5.26 Å². The number of halogens is 1. The molecule has 0 spiro atoms. The van der Waals surface area contributed by atoms with Crippen molar-refractivity contribution in [3.63, 3.8) is 0 Å². The third-order valence-electron chi connectivity index (χ3n) is 3.77.